The smallest absolute Gasteiger partial charge is 0.295 e. The third kappa shape index (κ3) is 18.4. The lowest BCUT2D eigenvalue weighted by molar-refractivity contribution is -0.122. The molecule has 6 rings (SSSR count). The molecule has 2 aliphatic rings. The van der Waals surface area contributed by atoms with E-state index in [9.17, 15) is 87.4 Å². The Hall–Kier alpha value is -5.38. The van der Waals surface area contributed by atoms with Crippen molar-refractivity contribution in [3.05, 3.63) is 95.7 Å². The number of fused-ring (bicyclic) bond motifs is 6. The standard InChI is InChI=1S/C57H78N4O20S6/c1-5-6-7-8-16-30-58-52(62)23-14-10-17-31-59-53(63)24-15-11-18-32-60-46-27-25-42-44(36-40(84(70,71)72)38-48(42)86(76,77)78)54(46)56(2,3)50(60)21-12-9-13-22-51-57(4,29-19-34-82(64,65)66)55-45-37-41(85(73,74)75)39-49(87(79,80)81)43(45)26-28-47(55)61(51)33-20-35-83(67,68)69/h9,12-13,21-22,25-28,36-39,51H,5-8,10-11,14-20,23-24,29-35H2,1-4H3,(H,58,62)(H,59,63)(H,64,65,66)(H,67,68,69)(H,70,71,72)(H,73,74,75)(H,76,77,78)(H,79,80,81)/b12-9+,22-13+,50-21+. The van der Waals surface area contributed by atoms with Crippen molar-refractivity contribution in [3.63, 3.8) is 0 Å². The van der Waals surface area contributed by atoms with E-state index < -0.39 is 109 Å². The average Bonchev–Trinajstić information content (AvgIpc) is 1.62. The normalized spacial score (nSPS) is 18.0. The first kappa shape index (κ1) is 70.7. The SMILES string of the molecule is CCCCCCCNC(=O)CCCCCNC(=O)CCCCCN1/C(=C/C=C/C=C/C2N(CCCS(=O)(=O)O)c3ccc4c(S(=O)(=O)O)cc(S(=O)(=O)O)cc4c3C2(C)CCCS(=O)(=O)O)C(C)(C)c2c1ccc1c(S(=O)(=O)O)cc(S(=O)(=O)O)cc21. The van der Waals surface area contributed by atoms with Crippen molar-refractivity contribution in [2.24, 2.45) is 0 Å². The van der Waals surface area contributed by atoms with Crippen LogP contribution < -0.4 is 20.4 Å². The number of allylic oxidation sites excluding steroid dienone is 5. The second-order valence-electron chi connectivity index (χ2n) is 22.8. The topological polar surface area (TPSA) is 391 Å². The average molecular weight is 1330 g/mol. The summed E-state index contributed by atoms with van der Waals surface area (Å²) in [5, 5.41) is 5.66. The number of nitrogens with one attached hydrogen (secondary N) is 2. The first-order chi connectivity index (χ1) is 40.4. The van der Waals surface area contributed by atoms with Crippen LogP contribution in [0.3, 0.4) is 0 Å². The highest BCUT2D eigenvalue weighted by atomic mass is 32.2. The molecule has 8 N–H and O–H groups in total. The van der Waals surface area contributed by atoms with Gasteiger partial charge in [0.25, 0.3) is 60.7 Å². The molecule has 4 aromatic rings. The van der Waals surface area contributed by atoms with Gasteiger partial charge >= 0.3 is 0 Å². The van der Waals surface area contributed by atoms with Crippen molar-refractivity contribution in [3.8, 4) is 0 Å². The number of hydrogen-bond donors (Lipinski definition) is 8. The first-order valence-electron chi connectivity index (χ1n) is 28.6. The van der Waals surface area contributed by atoms with Gasteiger partial charge in [-0.15, -0.1) is 0 Å². The molecule has 30 heteroatoms. The Bertz CT molecular complexity index is 4040. The highest BCUT2D eigenvalue weighted by Gasteiger charge is 2.48. The zero-order chi connectivity index (χ0) is 64.6. The first-order valence-corrected chi connectivity index (χ1v) is 37.5. The fourth-order valence-electron chi connectivity index (χ4n) is 11.9. The Balaban J connectivity index is 1.32. The molecule has 2 unspecified atom stereocenters. The number of rotatable bonds is 33. The molecule has 0 aliphatic carbocycles. The zero-order valence-electron chi connectivity index (χ0n) is 48.9. The molecule has 0 saturated heterocycles. The van der Waals surface area contributed by atoms with Crippen LogP contribution in [-0.2, 0) is 81.1 Å². The van der Waals surface area contributed by atoms with Gasteiger partial charge in [-0.25, -0.2) is 0 Å². The minimum absolute atomic E-state index is 0.0220. The zero-order valence-corrected chi connectivity index (χ0v) is 53.8. The Kier molecular flexibility index (Phi) is 23.3. The lowest BCUT2D eigenvalue weighted by Crippen LogP contribution is -2.43. The van der Waals surface area contributed by atoms with E-state index in [1.807, 2.05) is 4.90 Å². The summed E-state index contributed by atoms with van der Waals surface area (Å²) in [6.07, 6.45) is 17.7. The van der Waals surface area contributed by atoms with Gasteiger partial charge in [-0.05, 0) is 116 Å². The fourth-order valence-corrected chi connectivity index (χ4v) is 15.6. The van der Waals surface area contributed by atoms with Crippen LogP contribution in [-0.4, -0.2) is 133 Å². The summed E-state index contributed by atoms with van der Waals surface area (Å²) in [4.78, 5) is 25.3. The van der Waals surface area contributed by atoms with Gasteiger partial charge < -0.3 is 20.4 Å². The van der Waals surface area contributed by atoms with E-state index >= 15 is 0 Å². The summed E-state index contributed by atoms with van der Waals surface area (Å²) in [5.74, 6) is -1.58. The van der Waals surface area contributed by atoms with E-state index in [4.69, 9.17) is 0 Å². The predicted octanol–water partition coefficient (Wildman–Crippen LogP) is 8.49. The maximum absolute atomic E-state index is 12.9. The van der Waals surface area contributed by atoms with Crippen LogP contribution in [0.25, 0.3) is 21.5 Å². The maximum Gasteiger partial charge on any atom is 0.295 e. The quantitative estimate of drug-likeness (QED) is 0.0126. The second-order valence-corrected chi connectivity index (χ2v) is 31.5. The molecule has 0 saturated carbocycles. The fraction of sp³-hybridized carbons (Fsp3) is 0.509. The minimum Gasteiger partial charge on any atom is -0.364 e. The number of nitrogens with zero attached hydrogens (tertiary/aromatic N) is 2. The molecule has 87 heavy (non-hydrogen) atoms. The van der Waals surface area contributed by atoms with Crippen LogP contribution in [0.2, 0.25) is 0 Å². The molecule has 0 spiro atoms. The number of hydrogen-bond acceptors (Lipinski definition) is 16. The molecule has 2 atom stereocenters. The molecular formula is C57H78N4O20S6. The molecule has 0 aromatic heterocycles. The van der Waals surface area contributed by atoms with E-state index in [1.54, 1.807) is 62.1 Å². The van der Waals surface area contributed by atoms with E-state index in [0.29, 0.717) is 87.2 Å². The summed E-state index contributed by atoms with van der Waals surface area (Å²) in [7, 11) is -29.5. The van der Waals surface area contributed by atoms with Gasteiger partial charge in [0.1, 0.15) is 9.79 Å². The minimum atomic E-state index is -5.19. The molecule has 2 amide bonds. The summed E-state index contributed by atoms with van der Waals surface area (Å²) >= 11 is 0. The third-order valence-electron chi connectivity index (χ3n) is 15.9. The molecule has 2 aliphatic heterocycles. The number of anilines is 2. The number of benzene rings is 4. The van der Waals surface area contributed by atoms with Gasteiger partial charge in [-0.3, -0.25) is 36.9 Å². The number of unbranched alkanes of at least 4 members (excludes halogenated alkanes) is 8. The largest absolute Gasteiger partial charge is 0.364 e. The second kappa shape index (κ2) is 28.6. The highest BCUT2D eigenvalue weighted by Crippen LogP contribution is 2.54. The van der Waals surface area contributed by atoms with Gasteiger partial charge in [-0.2, -0.15) is 50.5 Å². The van der Waals surface area contributed by atoms with E-state index in [0.717, 1.165) is 44.2 Å². The summed E-state index contributed by atoms with van der Waals surface area (Å²) < 4.78 is 210. The van der Waals surface area contributed by atoms with Crippen molar-refractivity contribution in [1.82, 2.24) is 10.6 Å². The van der Waals surface area contributed by atoms with E-state index in [-0.39, 0.29) is 76.8 Å². The lowest BCUT2D eigenvalue weighted by Gasteiger charge is -2.35. The highest BCUT2D eigenvalue weighted by molar-refractivity contribution is 7.87. The van der Waals surface area contributed by atoms with Crippen molar-refractivity contribution in [2.75, 3.05) is 47.5 Å². The van der Waals surface area contributed by atoms with Gasteiger partial charge in [0, 0.05) is 77.7 Å². The predicted molar refractivity (Wildman–Crippen MR) is 331 cm³/mol. The van der Waals surface area contributed by atoms with Crippen molar-refractivity contribution >= 4 is 105 Å². The van der Waals surface area contributed by atoms with Crippen LogP contribution in [0.15, 0.2) is 104 Å². The van der Waals surface area contributed by atoms with Gasteiger partial charge in [0.05, 0.1) is 27.3 Å². The number of amides is 2. The Labute approximate surface area is 510 Å². The van der Waals surface area contributed by atoms with Crippen LogP contribution in [0.5, 0.6) is 0 Å². The summed E-state index contributed by atoms with van der Waals surface area (Å²) in [6.45, 7) is 8.71. The molecular weight excluding hydrogens is 1250 g/mol. The van der Waals surface area contributed by atoms with Crippen molar-refractivity contribution in [2.45, 2.75) is 167 Å². The molecule has 482 valence electrons. The summed E-state index contributed by atoms with van der Waals surface area (Å²) in [5.41, 5.74) is -0.414. The monoisotopic (exact) mass is 1330 g/mol. The van der Waals surface area contributed by atoms with Crippen molar-refractivity contribution < 1.29 is 87.4 Å². The molecule has 2 heterocycles. The van der Waals surface area contributed by atoms with Crippen LogP contribution in [0.1, 0.15) is 142 Å². The van der Waals surface area contributed by atoms with Crippen LogP contribution in [0, 0.1) is 0 Å². The van der Waals surface area contributed by atoms with Gasteiger partial charge in [0.2, 0.25) is 11.8 Å². The van der Waals surface area contributed by atoms with E-state index in [2.05, 4.69) is 17.6 Å². The van der Waals surface area contributed by atoms with Gasteiger partial charge in [0.15, 0.2) is 0 Å². The Morgan fingerprint density at radius 3 is 1.51 bits per heavy atom. The maximum atomic E-state index is 12.9. The van der Waals surface area contributed by atoms with Gasteiger partial charge in [-0.1, -0.05) is 103 Å². The van der Waals surface area contributed by atoms with Crippen LogP contribution >= 0.6 is 0 Å². The van der Waals surface area contributed by atoms with Crippen LogP contribution in [0.4, 0.5) is 11.4 Å². The number of carbonyl (C=O) groups excluding carboxylic acids is 2. The molecule has 0 fully saturated rings. The summed E-state index contributed by atoms with van der Waals surface area (Å²) in [6, 6.07) is 8.16. The molecule has 4 aromatic carbocycles. The van der Waals surface area contributed by atoms with E-state index in [1.165, 1.54) is 24.6 Å². The Morgan fingerprint density at radius 1 is 0.517 bits per heavy atom. The lowest BCUT2D eigenvalue weighted by atomic mass is 9.73. The third-order valence-corrected chi connectivity index (χ3v) is 21.0. The molecule has 0 radical (unpaired) electrons. The molecule has 24 nitrogen and oxygen atoms in total. The molecule has 0 bridgehead atoms. The Morgan fingerprint density at radius 2 is 1.00 bits per heavy atom. The number of carbonyl (C=O) groups is 2. The van der Waals surface area contributed by atoms with Crippen molar-refractivity contribution in [1.29, 1.82) is 0 Å².